The van der Waals surface area contributed by atoms with E-state index in [0.29, 0.717) is 12.6 Å². The van der Waals surface area contributed by atoms with E-state index in [1.165, 1.54) is 5.56 Å². The van der Waals surface area contributed by atoms with Crippen LogP contribution in [0.4, 0.5) is 0 Å². The average Bonchev–Trinajstić information content (AvgIpc) is 2.36. The van der Waals surface area contributed by atoms with E-state index >= 15 is 0 Å². The number of rotatable bonds is 7. The third kappa shape index (κ3) is 4.35. The highest BCUT2D eigenvalue weighted by Gasteiger charge is 2.09. The maximum absolute atomic E-state index is 5.59. The highest BCUT2D eigenvalue weighted by Crippen LogP contribution is 2.30. The number of hydrogen-bond acceptors (Lipinski definition) is 3. The number of methoxy groups -OCH3 is 1. The van der Waals surface area contributed by atoms with E-state index in [1.54, 1.807) is 7.11 Å². The lowest BCUT2D eigenvalue weighted by molar-refractivity contribution is 0.324. The number of ether oxygens (including phenoxy) is 2. The fourth-order valence-corrected chi connectivity index (χ4v) is 1.77. The minimum atomic E-state index is 0.295. The van der Waals surface area contributed by atoms with Crippen LogP contribution < -0.4 is 14.8 Å². The van der Waals surface area contributed by atoms with Crippen molar-refractivity contribution in [2.45, 2.75) is 19.9 Å². The zero-order valence-corrected chi connectivity index (χ0v) is 12.7. The molecule has 0 aromatic heterocycles. The molecule has 0 aliphatic carbocycles. The van der Waals surface area contributed by atoms with Crippen molar-refractivity contribution in [1.29, 1.82) is 0 Å². The van der Waals surface area contributed by atoms with E-state index in [-0.39, 0.29) is 0 Å². The summed E-state index contributed by atoms with van der Waals surface area (Å²) in [4.78, 5) is 0. The van der Waals surface area contributed by atoms with Gasteiger partial charge in [0.2, 0.25) is 0 Å². The number of benzene rings is 1. The summed E-state index contributed by atoms with van der Waals surface area (Å²) in [6, 6.07) is 6.27. The first-order valence-electron chi connectivity index (χ1n) is 5.95. The normalized spacial score (nSPS) is 12.0. The van der Waals surface area contributed by atoms with E-state index in [9.17, 15) is 0 Å². The van der Waals surface area contributed by atoms with Crippen LogP contribution in [0.1, 0.15) is 25.5 Å². The standard InChI is InChI=1S/C14H20BrNO2/c1-5-16-11(3)12-6-7-13(14(8-12)17-4)18-9-10(2)15/h6-8,11,16H,2,5,9H2,1,3-4H3. The van der Waals surface area contributed by atoms with Gasteiger partial charge in [0, 0.05) is 10.5 Å². The van der Waals surface area contributed by atoms with Crippen LogP contribution in [-0.4, -0.2) is 20.3 Å². The van der Waals surface area contributed by atoms with Crippen molar-refractivity contribution in [2.75, 3.05) is 20.3 Å². The lowest BCUT2D eigenvalue weighted by Crippen LogP contribution is -2.17. The molecule has 18 heavy (non-hydrogen) atoms. The SMILES string of the molecule is C=C(Br)COc1ccc(C(C)NCC)cc1OC. The maximum Gasteiger partial charge on any atom is 0.161 e. The van der Waals surface area contributed by atoms with Crippen LogP contribution in [0.2, 0.25) is 0 Å². The summed E-state index contributed by atoms with van der Waals surface area (Å²) >= 11 is 3.27. The van der Waals surface area contributed by atoms with Crippen LogP contribution in [0.3, 0.4) is 0 Å². The van der Waals surface area contributed by atoms with Crippen LogP contribution in [0, 0.1) is 0 Å². The van der Waals surface area contributed by atoms with Gasteiger partial charge in [-0.25, -0.2) is 0 Å². The van der Waals surface area contributed by atoms with Gasteiger partial charge >= 0.3 is 0 Å². The highest BCUT2D eigenvalue weighted by molar-refractivity contribution is 9.11. The lowest BCUT2D eigenvalue weighted by atomic mass is 10.1. The Labute approximate surface area is 117 Å². The monoisotopic (exact) mass is 313 g/mol. The molecule has 4 heteroatoms. The molecule has 1 aromatic carbocycles. The molecule has 0 amide bonds. The molecule has 0 saturated carbocycles. The summed E-state index contributed by atoms with van der Waals surface area (Å²) in [6.45, 7) is 9.32. The van der Waals surface area contributed by atoms with Gasteiger partial charge in [0.05, 0.1) is 7.11 Å². The third-order valence-corrected chi connectivity index (χ3v) is 2.81. The Hall–Kier alpha value is -1.00. The zero-order valence-electron chi connectivity index (χ0n) is 11.1. The molecule has 0 heterocycles. The molecule has 0 radical (unpaired) electrons. The molecule has 1 unspecified atom stereocenters. The van der Waals surface area contributed by atoms with Gasteiger partial charge < -0.3 is 14.8 Å². The Morgan fingerprint density at radius 2 is 2.17 bits per heavy atom. The fourth-order valence-electron chi connectivity index (χ4n) is 1.65. The quantitative estimate of drug-likeness (QED) is 0.833. The smallest absolute Gasteiger partial charge is 0.161 e. The molecule has 100 valence electrons. The minimum Gasteiger partial charge on any atom is -0.493 e. The van der Waals surface area contributed by atoms with Crippen molar-refractivity contribution in [2.24, 2.45) is 0 Å². The summed E-state index contributed by atoms with van der Waals surface area (Å²) < 4.78 is 11.7. The molecule has 0 aliphatic rings. The molecule has 1 N–H and O–H groups in total. The van der Waals surface area contributed by atoms with Crippen molar-refractivity contribution in [3.05, 3.63) is 34.8 Å². The van der Waals surface area contributed by atoms with Crippen molar-refractivity contribution in [3.63, 3.8) is 0 Å². The molecule has 1 rings (SSSR count). The second kappa shape index (κ2) is 7.44. The fraction of sp³-hybridized carbons (Fsp3) is 0.429. The number of nitrogens with one attached hydrogen (secondary N) is 1. The Balaban J connectivity index is 2.85. The Morgan fingerprint density at radius 3 is 2.72 bits per heavy atom. The topological polar surface area (TPSA) is 30.5 Å². The molecular weight excluding hydrogens is 294 g/mol. The summed E-state index contributed by atoms with van der Waals surface area (Å²) in [6.07, 6.45) is 0. The molecule has 0 aliphatic heterocycles. The summed E-state index contributed by atoms with van der Waals surface area (Å²) in [5.41, 5.74) is 1.18. The summed E-state index contributed by atoms with van der Waals surface area (Å²) in [5.74, 6) is 1.47. The summed E-state index contributed by atoms with van der Waals surface area (Å²) in [7, 11) is 1.65. The second-order valence-electron chi connectivity index (χ2n) is 4.00. The average molecular weight is 314 g/mol. The van der Waals surface area contributed by atoms with Crippen molar-refractivity contribution < 1.29 is 9.47 Å². The Kier molecular flexibility index (Phi) is 6.22. The lowest BCUT2D eigenvalue weighted by Gasteiger charge is -2.16. The van der Waals surface area contributed by atoms with Gasteiger partial charge in [0.25, 0.3) is 0 Å². The largest absolute Gasteiger partial charge is 0.493 e. The zero-order chi connectivity index (χ0) is 13.5. The molecule has 0 spiro atoms. The Bertz CT molecular complexity index is 407. The minimum absolute atomic E-state index is 0.295. The van der Waals surface area contributed by atoms with Crippen LogP contribution in [-0.2, 0) is 0 Å². The van der Waals surface area contributed by atoms with E-state index in [0.717, 1.165) is 22.5 Å². The first kappa shape index (κ1) is 15.1. The van der Waals surface area contributed by atoms with E-state index in [2.05, 4.69) is 41.7 Å². The van der Waals surface area contributed by atoms with Crippen molar-refractivity contribution >= 4 is 15.9 Å². The van der Waals surface area contributed by atoms with E-state index in [1.807, 2.05) is 18.2 Å². The van der Waals surface area contributed by atoms with Gasteiger partial charge in [0.15, 0.2) is 11.5 Å². The predicted octanol–water partition coefficient (Wildman–Crippen LogP) is 3.65. The van der Waals surface area contributed by atoms with E-state index in [4.69, 9.17) is 9.47 Å². The molecular formula is C14H20BrNO2. The maximum atomic E-state index is 5.59. The first-order valence-corrected chi connectivity index (χ1v) is 6.75. The first-order chi connectivity index (χ1) is 8.58. The van der Waals surface area contributed by atoms with Crippen LogP contribution >= 0.6 is 15.9 Å². The number of halogens is 1. The van der Waals surface area contributed by atoms with Crippen LogP contribution in [0.15, 0.2) is 29.3 Å². The second-order valence-corrected chi connectivity index (χ2v) is 5.12. The van der Waals surface area contributed by atoms with Gasteiger partial charge in [-0.3, -0.25) is 0 Å². The molecule has 0 fully saturated rings. The summed E-state index contributed by atoms with van der Waals surface area (Å²) in [5, 5.41) is 3.36. The van der Waals surface area contributed by atoms with Gasteiger partial charge in [-0.15, -0.1) is 0 Å². The van der Waals surface area contributed by atoms with Gasteiger partial charge in [-0.1, -0.05) is 35.5 Å². The molecule has 0 bridgehead atoms. The third-order valence-electron chi connectivity index (χ3n) is 2.58. The molecule has 0 saturated heterocycles. The van der Waals surface area contributed by atoms with Crippen molar-refractivity contribution in [1.82, 2.24) is 5.32 Å². The molecule has 3 nitrogen and oxygen atoms in total. The highest BCUT2D eigenvalue weighted by atomic mass is 79.9. The van der Waals surface area contributed by atoms with Crippen molar-refractivity contribution in [3.8, 4) is 11.5 Å². The van der Waals surface area contributed by atoms with Crippen LogP contribution in [0.5, 0.6) is 11.5 Å². The van der Waals surface area contributed by atoms with Gasteiger partial charge in [-0.05, 0) is 31.2 Å². The Morgan fingerprint density at radius 1 is 1.44 bits per heavy atom. The number of hydrogen-bond donors (Lipinski definition) is 1. The van der Waals surface area contributed by atoms with E-state index < -0.39 is 0 Å². The van der Waals surface area contributed by atoms with Gasteiger partial charge in [0.1, 0.15) is 6.61 Å². The van der Waals surface area contributed by atoms with Gasteiger partial charge in [-0.2, -0.15) is 0 Å². The molecule has 1 aromatic rings. The molecule has 1 atom stereocenters. The predicted molar refractivity (Wildman–Crippen MR) is 78.6 cm³/mol. The van der Waals surface area contributed by atoms with Crippen LogP contribution in [0.25, 0.3) is 0 Å².